The first kappa shape index (κ1) is 15.5. The van der Waals surface area contributed by atoms with Gasteiger partial charge in [-0.2, -0.15) is 11.3 Å². The van der Waals surface area contributed by atoms with Crippen LogP contribution in [0.3, 0.4) is 0 Å². The van der Waals surface area contributed by atoms with E-state index in [1.807, 2.05) is 36.7 Å². The highest BCUT2D eigenvalue weighted by atomic mass is 32.1. The molecular formula is C15H18N2O3S. The summed E-state index contributed by atoms with van der Waals surface area (Å²) < 4.78 is 5.57. The molecule has 0 bridgehead atoms. The minimum absolute atomic E-state index is 0.00767. The summed E-state index contributed by atoms with van der Waals surface area (Å²) in [7, 11) is 0. The van der Waals surface area contributed by atoms with Crippen molar-refractivity contribution in [2.45, 2.75) is 33.0 Å². The van der Waals surface area contributed by atoms with Crippen LogP contribution in [0, 0.1) is 10.1 Å². The molecule has 21 heavy (non-hydrogen) atoms. The Labute approximate surface area is 127 Å². The third kappa shape index (κ3) is 4.54. The summed E-state index contributed by atoms with van der Waals surface area (Å²) in [6, 6.07) is 7.36. The van der Waals surface area contributed by atoms with Gasteiger partial charge in [-0.25, -0.2) is 0 Å². The predicted molar refractivity (Wildman–Crippen MR) is 83.7 cm³/mol. The normalized spacial score (nSPS) is 10.8. The molecule has 1 aromatic heterocycles. The van der Waals surface area contributed by atoms with Crippen molar-refractivity contribution < 1.29 is 9.66 Å². The maximum absolute atomic E-state index is 11.2. The average Bonchev–Trinajstić information content (AvgIpc) is 2.96. The Morgan fingerprint density at radius 3 is 2.76 bits per heavy atom. The average molecular weight is 306 g/mol. The highest BCUT2D eigenvalue weighted by molar-refractivity contribution is 7.07. The Morgan fingerprint density at radius 2 is 2.14 bits per heavy atom. The van der Waals surface area contributed by atoms with Gasteiger partial charge in [0.05, 0.1) is 4.92 Å². The van der Waals surface area contributed by atoms with Gasteiger partial charge in [0.1, 0.15) is 6.61 Å². The van der Waals surface area contributed by atoms with Crippen LogP contribution in [0.1, 0.15) is 25.0 Å². The zero-order valence-corrected chi connectivity index (χ0v) is 12.9. The lowest BCUT2D eigenvalue weighted by molar-refractivity contribution is -0.386. The first-order valence-electron chi connectivity index (χ1n) is 6.71. The molecule has 6 heteroatoms. The van der Waals surface area contributed by atoms with Gasteiger partial charge >= 0.3 is 5.69 Å². The number of thiophene rings is 1. The van der Waals surface area contributed by atoms with Crippen molar-refractivity contribution >= 4 is 17.0 Å². The number of rotatable bonds is 7. The van der Waals surface area contributed by atoms with Crippen molar-refractivity contribution in [3.8, 4) is 5.75 Å². The Balaban J connectivity index is 2.11. The van der Waals surface area contributed by atoms with Gasteiger partial charge in [0, 0.05) is 18.7 Å². The minimum atomic E-state index is -0.401. The monoisotopic (exact) mass is 306 g/mol. The van der Waals surface area contributed by atoms with Gasteiger partial charge in [-0.1, -0.05) is 19.9 Å². The number of nitro groups is 1. The third-order valence-electron chi connectivity index (χ3n) is 2.91. The lowest BCUT2D eigenvalue weighted by Crippen LogP contribution is -2.21. The number of hydrogen-bond donors (Lipinski definition) is 1. The first-order valence-corrected chi connectivity index (χ1v) is 7.65. The van der Waals surface area contributed by atoms with Crippen LogP contribution in [0.4, 0.5) is 5.69 Å². The highest BCUT2D eigenvalue weighted by Crippen LogP contribution is 2.29. The number of benzene rings is 1. The molecule has 1 N–H and O–H groups in total. The zero-order chi connectivity index (χ0) is 15.2. The van der Waals surface area contributed by atoms with Crippen molar-refractivity contribution in [2.24, 2.45) is 0 Å². The molecule has 1 heterocycles. The number of nitrogens with one attached hydrogen (secondary N) is 1. The van der Waals surface area contributed by atoms with Crippen molar-refractivity contribution in [3.05, 3.63) is 56.3 Å². The van der Waals surface area contributed by atoms with Gasteiger partial charge in [0.25, 0.3) is 0 Å². The highest BCUT2D eigenvalue weighted by Gasteiger charge is 2.16. The fourth-order valence-electron chi connectivity index (χ4n) is 1.80. The van der Waals surface area contributed by atoms with Crippen LogP contribution in [0.2, 0.25) is 0 Å². The Bertz CT molecular complexity index is 597. The van der Waals surface area contributed by atoms with Gasteiger partial charge in [-0.3, -0.25) is 10.1 Å². The molecule has 0 aliphatic carbocycles. The summed E-state index contributed by atoms with van der Waals surface area (Å²) in [4.78, 5) is 10.8. The molecule has 2 rings (SSSR count). The molecule has 1 aromatic carbocycles. The molecule has 0 unspecified atom stereocenters. The summed E-state index contributed by atoms with van der Waals surface area (Å²) >= 11 is 1.57. The van der Waals surface area contributed by atoms with Crippen molar-refractivity contribution in [3.63, 3.8) is 0 Å². The van der Waals surface area contributed by atoms with E-state index in [2.05, 4.69) is 5.32 Å². The largest absolute Gasteiger partial charge is 0.482 e. The predicted octanol–water partition coefficient (Wildman–Crippen LogP) is 3.73. The Morgan fingerprint density at radius 1 is 1.33 bits per heavy atom. The summed E-state index contributed by atoms with van der Waals surface area (Å²) in [5.41, 5.74) is 1.89. The third-order valence-corrected chi connectivity index (χ3v) is 3.64. The van der Waals surface area contributed by atoms with E-state index in [0.29, 0.717) is 24.9 Å². The number of hydrogen-bond acceptors (Lipinski definition) is 5. The fourth-order valence-corrected chi connectivity index (χ4v) is 2.45. The van der Waals surface area contributed by atoms with Gasteiger partial charge in [0.2, 0.25) is 0 Å². The molecule has 0 fully saturated rings. The van der Waals surface area contributed by atoms with E-state index in [1.54, 1.807) is 23.5 Å². The summed E-state index contributed by atoms with van der Waals surface area (Å²) in [5.74, 6) is 0.305. The SMILES string of the molecule is CC(C)NCc1ccc(OCc2ccsc2)c([N+](=O)[O-])c1. The molecule has 0 radical (unpaired) electrons. The second kappa shape index (κ2) is 7.19. The van der Waals surface area contributed by atoms with Gasteiger partial charge in [-0.05, 0) is 34.0 Å². The van der Waals surface area contributed by atoms with E-state index in [0.717, 1.165) is 11.1 Å². The molecule has 5 nitrogen and oxygen atoms in total. The van der Waals surface area contributed by atoms with Crippen LogP contribution >= 0.6 is 11.3 Å². The van der Waals surface area contributed by atoms with Gasteiger partial charge in [-0.15, -0.1) is 0 Å². The lowest BCUT2D eigenvalue weighted by Gasteiger charge is -2.10. The van der Waals surface area contributed by atoms with Crippen molar-refractivity contribution in [1.82, 2.24) is 5.32 Å². The molecule has 0 atom stereocenters. The molecule has 0 saturated heterocycles. The molecule has 0 aliphatic heterocycles. The Hall–Kier alpha value is -1.92. The summed E-state index contributed by atoms with van der Waals surface area (Å²) in [6.07, 6.45) is 0. The summed E-state index contributed by atoms with van der Waals surface area (Å²) in [6.45, 7) is 5.01. The first-order chi connectivity index (χ1) is 10.1. The van der Waals surface area contributed by atoms with E-state index < -0.39 is 4.92 Å². The van der Waals surface area contributed by atoms with Crippen molar-refractivity contribution in [1.29, 1.82) is 0 Å². The quantitative estimate of drug-likeness (QED) is 0.625. The molecule has 112 valence electrons. The van der Waals surface area contributed by atoms with Crippen LogP contribution in [-0.2, 0) is 13.2 Å². The van der Waals surface area contributed by atoms with E-state index in [9.17, 15) is 10.1 Å². The minimum Gasteiger partial charge on any atom is -0.482 e. The second-order valence-electron chi connectivity index (χ2n) is 5.02. The van der Waals surface area contributed by atoms with Crippen LogP contribution in [0.25, 0.3) is 0 Å². The number of ether oxygens (including phenoxy) is 1. The molecular weight excluding hydrogens is 288 g/mol. The van der Waals surface area contributed by atoms with Crippen molar-refractivity contribution in [2.75, 3.05) is 0 Å². The topological polar surface area (TPSA) is 64.4 Å². The van der Waals surface area contributed by atoms with Gasteiger partial charge < -0.3 is 10.1 Å². The lowest BCUT2D eigenvalue weighted by atomic mass is 10.1. The second-order valence-corrected chi connectivity index (χ2v) is 5.80. The van der Waals surface area contributed by atoms with Crippen LogP contribution < -0.4 is 10.1 Å². The summed E-state index contributed by atoms with van der Waals surface area (Å²) in [5, 5.41) is 18.3. The van der Waals surface area contributed by atoms with Crippen LogP contribution in [-0.4, -0.2) is 11.0 Å². The Kier molecular flexibility index (Phi) is 5.30. The molecule has 0 spiro atoms. The molecule has 0 saturated carbocycles. The molecule has 0 aliphatic rings. The van der Waals surface area contributed by atoms with E-state index in [1.165, 1.54) is 0 Å². The zero-order valence-electron chi connectivity index (χ0n) is 12.0. The van der Waals surface area contributed by atoms with E-state index >= 15 is 0 Å². The molecule has 2 aromatic rings. The number of nitrogens with zero attached hydrogens (tertiary/aromatic N) is 1. The van der Waals surface area contributed by atoms with Gasteiger partial charge in [0.15, 0.2) is 5.75 Å². The molecule has 0 amide bonds. The maximum atomic E-state index is 11.2. The number of nitro benzene ring substituents is 1. The smallest absolute Gasteiger partial charge is 0.311 e. The standard InChI is InChI=1S/C15H18N2O3S/c1-11(2)16-8-12-3-4-15(14(7-12)17(18)19)20-9-13-5-6-21-10-13/h3-7,10-11,16H,8-9H2,1-2H3. The van der Waals surface area contributed by atoms with E-state index in [4.69, 9.17) is 4.74 Å². The maximum Gasteiger partial charge on any atom is 0.311 e. The fraction of sp³-hybridized carbons (Fsp3) is 0.333. The van der Waals surface area contributed by atoms with Crippen LogP contribution in [0.5, 0.6) is 5.75 Å². The van der Waals surface area contributed by atoms with Crippen LogP contribution in [0.15, 0.2) is 35.0 Å². The van der Waals surface area contributed by atoms with E-state index in [-0.39, 0.29) is 5.69 Å².